The van der Waals surface area contributed by atoms with Crippen LogP contribution in [0, 0.1) is 6.20 Å². The predicted octanol–water partition coefficient (Wildman–Crippen LogP) is -0.440. The second-order valence-electron chi connectivity index (χ2n) is 1.76. The zero-order valence-electron chi connectivity index (χ0n) is 5.54. The van der Waals surface area contributed by atoms with Gasteiger partial charge in [0.2, 0.25) is 0 Å². The van der Waals surface area contributed by atoms with E-state index in [0.29, 0.717) is 0 Å². The van der Waals surface area contributed by atoms with Gasteiger partial charge in [-0.25, -0.2) is 0 Å². The van der Waals surface area contributed by atoms with Crippen LogP contribution in [-0.2, 0) is 20.4 Å². The number of rotatable bonds is 1. The van der Waals surface area contributed by atoms with Crippen molar-refractivity contribution in [1.82, 2.24) is 4.98 Å². The van der Waals surface area contributed by atoms with Crippen molar-refractivity contribution >= 4 is 11.6 Å². The molecule has 0 bridgehead atoms. The second kappa shape index (κ2) is 4.06. The number of anilines is 1. The molecule has 0 unspecified atom stereocenters. The van der Waals surface area contributed by atoms with Crippen LogP contribution in [0.1, 0.15) is 10.4 Å². The molecule has 0 saturated heterocycles. The summed E-state index contributed by atoms with van der Waals surface area (Å²) in [7, 11) is 0. The van der Waals surface area contributed by atoms with Crippen LogP contribution in [0.4, 0.5) is 5.69 Å². The largest absolute Gasteiger partial charge is 0.417 e. The Labute approximate surface area is 77.6 Å². The fourth-order valence-electron chi connectivity index (χ4n) is 0.575. The molecule has 0 aliphatic carbocycles. The van der Waals surface area contributed by atoms with E-state index >= 15 is 0 Å². The third-order valence-electron chi connectivity index (χ3n) is 1.06. The topological polar surface area (TPSA) is 82.0 Å². The molecule has 1 aromatic heterocycles. The van der Waals surface area contributed by atoms with Crippen LogP contribution in [-0.4, -0.2) is 10.9 Å². The number of hydrogen-bond donors (Lipinski definition) is 2. The summed E-state index contributed by atoms with van der Waals surface area (Å²) in [6.45, 7) is 0. The van der Waals surface area contributed by atoms with Crippen molar-refractivity contribution in [3.63, 3.8) is 0 Å². The number of carbonyl (C=O) groups is 1. The van der Waals surface area contributed by atoms with Gasteiger partial charge in [0, 0.05) is 20.4 Å². The number of pyridine rings is 1. The number of primary amides is 1. The van der Waals surface area contributed by atoms with Gasteiger partial charge in [0.25, 0.3) is 0 Å². The minimum atomic E-state index is -0.559. The molecule has 1 aromatic rings. The first-order chi connectivity index (χ1) is 4.72. The number of amides is 1. The van der Waals surface area contributed by atoms with Crippen molar-refractivity contribution in [3.8, 4) is 0 Å². The summed E-state index contributed by atoms with van der Waals surface area (Å²) < 4.78 is 0. The van der Waals surface area contributed by atoms with Gasteiger partial charge in [-0.3, -0.25) is 4.79 Å². The summed E-state index contributed by atoms with van der Waals surface area (Å²) in [4.78, 5) is 14.1. The molecular weight excluding hydrogens is 316 g/mol. The maximum Gasteiger partial charge on any atom is 0.194 e. The molecule has 0 aliphatic rings. The summed E-state index contributed by atoms with van der Waals surface area (Å²) >= 11 is 0. The van der Waals surface area contributed by atoms with E-state index in [1.54, 1.807) is 0 Å². The Morgan fingerprint density at radius 1 is 1.64 bits per heavy atom. The Kier molecular flexibility index (Phi) is 3.73. The predicted molar refractivity (Wildman–Crippen MR) is 36.0 cm³/mol. The third-order valence-corrected chi connectivity index (χ3v) is 1.06. The first-order valence-electron chi connectivity index (χ1n) is 2.63. The van der Waals surface area contributed by atoms with E-state index in [9.17, 15) is 4.79 Å². The molecule has 4 nitrogen and oxygen atoms in total. The van der Waals surface area contributed by atoms with Crippen molar-refractivity contribution in [2.75, 3.05) is 5.73 Å². The average molecular weight is 322 g/mol. The molecule has 1 radical (unpaired) electrons. The number of carbonyl (C=O) groups excluding carboxylic acids is 1. The normalized spacial score (nSPS) is 8.36. The van der Waals surface area contributed by atoms with Gasteiger partial charge in [0.1, 0.15) is 0 Å². The molecule has 1 amide bonds. The number of aromatic nitrogens is 1. The molecular formula is C6H6N3ORe-. The average Bonchev–Trinajstić information content (AvgIpc) is 1.88. The molecule has 1 heterocycles. The van der Waals surface area contributed by atoms with Gasteiger partial charge in [-0.2, -0.15) is 0 Å². The standard InChI is InChI=1S/C6H6N3O.Re/c7-5-3-9-2-1-4(5)6(8)10;/h1,3H,7H2,(H2,8,10);/q-1;. The van der Waals surface area contributed by atoms with Crippen molar-refractivity contribution < 1.29 is 25.2 Å². The van der Waals surface area contributed by atoms with Crippen LogP contribution < -0.4 is 11.5 Å². The van der Waals surface area contributed by atoms with E-state index < -0.39 is 5.91 Å². The molecule has 1 rings (SSSR count). The fourth-order valence-corrected chi connectivity index (χ4v) is 0.575. The van der Waals surface area contributed by atoms with Gasteiger partial charge in [-0.15, -0.1) is 6.07 Å². The van der Waals surface area contributed by atoms with Gasteiger partial charge >= 0.3 is 0 Å². The van der Waals surface area contributed by atoms with Crippen molar-refractivity contribution in [1.29, 1.82) is 0 Å². The van der Waals surface area contributed by atoms with Crippen LogP contribution in [0.5, 0.6) is 0 Å². The minimum Gasteiger partial charge on any atom is -0.417 e. The maximum atomic E-state index is 10.5. The first-order valence-corrected chi connectivity index (χ1v) is 2.63. The summed E-state index contributed by atoms with van der Waals surface area (Å²) in [6, 6.07) is 1.36. The molecule has 0 spiro atoms. The monoisotopic (exact) mass is 323 g/mol. The van der Waals surface area contributed by atoms with Crippen LogP contribution in [0.15, 0.2) is 12.3 Å². The summed E-state index contributed by atoms with van der Waals surface area (Å²) in [5.74, 6) is -0.559. The van der Waals surface area contributed by atoms with Gasteiger partial charge in [0.15, 0.2) is 5.91 Å². The molecule has 0 aliphatic heterocycles. The Morgan fingerprint density at radius 3 is 2.64 bits per heavy atom. The molecule has 0 saturated carbocycles. The SMILES string of the molecule is NC(=O)c1c[c-]ncc1N.[Re]. The summed E-state index contributed by atoms with van der Waals surface area (Å²) in [6.07, 6.45) is 3.79. The third kappa shape index (κ3) is 2.30. The van der Waals surface area contributed by atoms with Gasteiger partial charge in [0.05, 0.1) is 0 Å². The van der Waals surface area contributed by atoms with E-state index in [1.807, 2.05) is 0 Å². The summed E-state index contributed by atoms with van der Waals surface area (Å²) in [5, 5.41) is 0. The molecule has 5 heteroatoms. The Morgan fingerprint density at radius 2 is 2.27 bits per heavy atom. The fraction of sp³-hybridized carbons (Fsp3) is 0. The molecule has 0 fully saturated rings. The summed E-state index contributed by atoms with van der Waals surface area (Å²) in [5.41, 5.74) is 10.8. The van der Waals surface area contributed by atoms with Crippen LogP contribution in [0.2, 0.25) is 0 Å². The molecule has 0 atom stereocenters. The second-order valence-corrected chi connectivity index (χ2v) is 1.76. The van der Waals surface area contributed by atoms with Crippen molar-refractivity contribution in [2.45, 2.75) is 0 Å². The van der Waals surface area contributed by atoms with E-state index in [4.69, 9.17) is 11.5 Å². The molecule has 59 valence electrons. The van der Waals surface area contributed by atoms with Crippen molar-refractivity contribution in [2.24, 2.45) is 5.73 Å². The number of nitrogens with zero attached hydrogens (tertiary/aromatic N) is 1. The number of hydrogen-bond acceptors (Lipinski definition) is 3. The van der Waals surface area contributed by atoms with Crippen LogP contribution >= 0.6 is 0 Å². The van der Waals surface area contributed by atoms with Gasteiger partial charge in [-0.05, 0) is 5.56 Å². The van der Waals surface area contributed by atoms with E-state index in [1.165, 1.54) is 12.3 Å². The van der Waals surface area contributed by atoms with Gasteiger partial charge in [-0.1, -0.05) is 18.1 Å². The van der Waals surface area contributed by atoms with Gasteiger partial charge < -0.3 is 16.5 Å². The first kappa shape index (κ1) is 10.1. The maximum absolute atomic E-state index is 10.5. The number of nitrogen functional groups attached to an aromatic ring is 1. The van der Waals surface area contributed by atoms with E-state index in [2.05, 4.69) is 11.2 Å². The number of nitrogens with two attached hydrogens (primary N) is 2. The van der Waals surface area contributed by atoms with E-state index in [-0.39, 0.29) is 31.7 Å². The molecule has 0 aromatic carbocycles. The Hall–Kier alpha value is -0.918. The molecule has 4 N–H and O–H groups in total. The zero-order valence-corrected chi connectivity index (χ0v) is 8.26. The van der Waals surface area contributed by atoms with Crippen molar-refractivity contribution in [3.05, 3.63) is 24.0 Å². The molecule has 11 heavy (non-hydrogen) atoms. The Bertz CT molecular complexity index is 264. The minimum absolute atomic E-state index is 0. The van der Waals surface area contributed by atoms with Crippen LogP contribution in [0.3, 0.4) is 0 Å². The smallest absolute Gasteiger partial charge is 0.194 e. The zero-order chi connectivity index (χ0) is 7.56. The van der Waals surface area contributed by atoms with E-state index in [0.717, 1.165) is 0 Å². The van der Waals surface area contributed by atoms with Crippen LogP contribution in [0.25, 0.3) is 0 Å². The Balaban J connectivity index is 0.000001000. The quantitative estimate of drug-likeness (QED) is 0.688.